The lowest BCUT2D eigenvalue weighted by molar-refractivity contribution is -0.133. The molecule has 3 N–H and O–H groups in total. The first-order chi connectivity index (χ1) is 22.5. The van der Waals surface area contributed by atoms with Gasteiger partial charge in [0.15, 0.2) is 17.0 Å². The number of likely N-dealkylation sites (N-methyl/N-ethyl adjacent to an activating group) is 1. The lowest BCUT2D eigenvalue weighted by atomic mass is 9.91. The molecule has 2 aliphatic heterocycles. The normalized spacial score (nSPS) is 19.0. The number of hydrogen-bond acceptors (Lipinski definition) is 8. The molecule has 0 bridgehead atoms. The van der Waals surface area contributed by atoms with Gasteiger partial charge in [-0.25, -0.2) is 15.0 Å². The number of carbonyl (C=O) groups is 2. The minimum Gasteiger partial charge on any atom is -0.367 e. The van der Waals surface area contributed by atoms with Crippen LogP contribution in [0.15, 0.2) is 67.0 Å². The minimum absolute atomic E-state index is 0.0371. The van der Waals surface area contributed by atoms with E-state index in [9.17, 15) is 9.59 Å². The Morgan fingerprint density at radius 2 is 1.63 bits per heavy atom. The summed E-state index contributed by atoms with van der Waals surface area (Å²) >= 11 is 0. The van der Waals surface area contributed by atoms with Crippen LogP contribution in [-0.4, -0.2) is 81.6 Å². The van der Waals surface area contributed by atoms with E-state index in [0.717, 1.165) is 36.7 Å². The van der Waals surface area contributed by atoms with Crippen molar-refractivity contribution in [2.24, 2.45) is 5.92 Å². The van der Waals surface area contributed by atoms with E-state index in [1.165, 1.54) is 12.8 Å². The summed E-state index contributed by atoms with van der Waals surface area (Å²) in [5.74, 6) is 0.883. The highest BCUT2D eigenvalue weighted by Crippen LogP contribution is 2.32. The Labute approximate surface area is 270 Å². The molecule has 6 rings (SSSR count). The molecule has 0 saturated carbocycles. The van der Waals surface area contributed by atoms with Crippen molar-refractivity contribution in [3.8, 4) is 0 Å². The molecule has 0 aliphatic carbocycles. The van der Waals surface area contributed by atoms with Crippen LogP contribution < -0.4 is 16.0 Å². The van der Waals surface area contributed by atoms with Crippen LogP contribution >= 0.6 is 0 Å². The largest absolute Gasteiger partial charge is 0.367 e. The van der Waals surface area contributed by atoms with Gasteiger partial charge >= 0.3 is 0 Å². The number of likely N-dealkylation sites (tertiary alicyclic amines) is 1. The minimum atomic E-state index is -0.542. The van der Waals surface area contributed by atoms with Gasteiger partial charge in [0.25, 0.3) is 5.91 Å². The zero-order valence-corrected chi connectivity index (χ0v) is 26.7. The van der Waals surface area contributed by atoms with Gasteiger partial charge < -0.3 is 25.6 Å². The maximum Gasteiger partial charge on any atom is 0.289 e. The number of carbonyl (C=O) groups excluding carboxylic acids is 2. The fraction of sp³-hybridized carbons (Fsp3) is 0.457. The van der Waals surface area contributed by atoms with Gasteiger partial charge in [0.2, 0.25) is 11.7 Å². The van der Waals surface area contributed by atoms with Crippen LogP contribution in [0.3, 0.4) is 0 Å². The molecular weight excluding hydrogens is 580 g/mol. The Hall–Kier alpha value is -4.35. The fourth-order valence-corrected chi connectivity index (χ4v) is 6.35. The van der Waals surface area contributed by atoms with Crippen LogP contribution in [0.5, 0.6) is 0 Å². The molecule has 4 heterocycles. The zero-order chi connectivity index (χ0) is 31.9. The van der Waals surface area contributed by atoms with Gasteiger partial charge in [0.05, 0.1) is 6.33 Å². The Morgan fingerprint density at radius 1 is 0.935 bits per heavy atom. The highest BCUT2D eigenvalue weighted by Gasteiger charge is 2.33. The van der Waals surface area contributed by atoms with Crippen molar-refractivity contribution in [2.75, 3.05) is 44.6 Å². The van der Waals surface area contributed by atoms with Crippen molar-refractivity contribution < 1.29 is 14.3 Å². The molecule has 11 heteroatoms. The van der Waals surface area contributed by atoms with Crippen LogP contribution in [0.4, 0.5) is 5.82 Å². The van der Waals surface area contributed by atoms with Gasteiger partial charge in [0, 0.05) is 32.1 Å². The van der Waals surface area contributed by atoms with Crippen LogP contribution in [0.1, 0.15) is 73.4 Å². The predicted octanol–water partition coefficient (Wildman–Crippen LogP) is 4.35. The molecule has 2 fully saturated rings. The van der Waals surface area contributed by atoms with E-state index in [0.29, 0.717) is 49.5 Å². The molecule has 46 heavy (non-hydrogen) atoms. The highest BCUT2D eigenvalue weighted by atomic mass is 16.5. The smallest absolute Gasteiger partial charge is 0.289 e. The maximum atomic E-state index is 13.5. The number of fused-ring (bicyclic) bond motifs is 1. The lowest BCUT2D eigenvalue weighted by Crippen LogP contribution is -2.39. The van der Waals surface area contributed by atoms with Gasteiger partial charge in [-0.3, -0.25) is 14.2 Å². The fourth-order valence-electron chi connectivity index (χ4n) is 6.35. The van der Waals surface area contributed by atoms with Gasteiger partial charge in [-0.05, 0) is 62.7 Å². The van der Waals surface area contributed by atoms with Crippen molar-refractivity contribution in [2.45, 2.75) is 57.8 Å². The summed E-state index contributed by atoms with van der Waals surface area (Å²) in [6.07, 6.45) is 4.28. The summed E-state index contributed by atoms with van der Waals surface area (Å²) in [7, 11) is 0. The number of rotatable bonds is 12. The first-order valence-electron chi connectivity index (χ1n) is 16.5. The number of aromatic nitrogens is 4. The monoisotopic (exact) mass is 624 g/mol. The molecule has 2 aliphatic rings. The van der Waals surface area contributed by atoms with Crippen molar-refractivity contribution in [3.63, 3.8) is 0 Å². The Bertz CT molecular complexity index is 1560. The molecule has 0 radical (unpaired) electrons. The second kappa shape index (κ2) is 14.8. The highest BCUT2D eigenvalue weighted by molar-refractivity contribution is 5.94. The van der Waals surface area contributed by atoms with Crippen LogP contribution in [0.2, 0.25) is 0 Å². The second-order valence-corrected chi connectivity index (χ2v) is 12.3. The zero-order valence-electron chi connectivity index (χ0n) is 26.7. The van der Waals surface area contributed by atoms with Crippen LogP contribution in [-0.2, 0) is 9.53 Å². The van der Waals surface area contributed by atoms with Crippen LogP contribution in [0, 0.1) is 5.92 Å². The van der Waals surface area contributed by atoms with E-state index in [4.69, 9.17) is 14.7 Å². The number of amides is 2. The number of hydrogen-bond donors (Lipinski definition) is 3. The van der Waals surface area contributed by atoms with E-state index in [2.05, 4.69) is 57.0 Å². The first kappa shape index (κ1) is 31.6. The van der Waals surface area contributed by atoms with E-state index >= 15 is 0 Å². The maximum absolute atomic E-state index is 13.5. The van der Waals surface area contributed by atoms with Crippen molar-refractivity contribution in [1.82, 2.24) is 35.1 Å². The molecule has 2 unspecified atom stereocenters. The Balaban J connectivity index is 1.26. The number of nitrogens with zero attached hydrogens (tertiary/aromatic N) is 5. The van der Waals surface area contributed by atoms with Crippen molar-refractivity contribution in [1.29, 1.82) is 0 Å². The van der Waals surface area contributed by atoms with E-state index in [-0.39, 0.29) is 23.6 Å². The molecule has 0 spiro atoms. The average Bonchev–Trinajstić information content (AvgIpc) is 3.75. The number of imidazole rings is 1. The third kappa shape index (κ3) is 7.37. The van der Waals surface area contributed by atoms with E-state index in [1.807, 2.05) is 47.9 Å². The number of piperidine rings is 1. The summed E-state index contributed by atoms with van der Waals surface area (Å²) in [6, 6.07) is 20.7. The number of ether oxygens (including phenoxy) is 1. The SMILES string of the molecule is CCNC(=O)C1CCC(n2cnc3c(NCC(c4ccccc4)c4ccccc4)nc(C(=O)NCCN4CCC(C)CC4)nc32)O1. The van der Waals surface area contributed by atoms with Crippen molar-refractivity contribution in [3.05, 3.63) is 83.9 Å². The summed E-state index contributed by atoms with van der Waals surface area (Å²) in [6.45, 7) is 8.66. The van der Waals surface area contributed by atoms with Gasteiger partial charge in [0.1, 0.15) is 12.3 Å². The topological polar surface area (TPSA) is 126 Å². The molecule has 2 saturated heterocycles. The average molecular weight is 625 g/mol. The molecule has 2 aromatic carbocycles. The molecule has 2 aromatic heterocycles. The van der Waals surface area contributed by atoms with Gasteiger partial charge in [-0.2, -0.15) is 0 Å². The standard InChI is InChI=1S/C35H44N8O3/c1-3-36-34(44)28-14-15-29(46-28)43-23-39-30-31(38-22-27(25-10-6-4-7-11-25)26-12-8-5-9-13-26)40-32(41-33(30)43)35(45)37-18-21-42-19-16-24(2)17-20-42/h4-13,23-24,27-29H,3,14-22H2,1-2H3,(H,36,44)(H,37,45)(H,38,40,41). The summed E-state index contributed by atoms with van der Waals surface area (Å²) in [5.41, 5.74) is 3.37. The van der Waals surface area contributed by atoms with Gasteiger partial charge in [-0.1, -0.05) is 67.6 Å². The summed E-state index contributed by atoms with van der Waals surface area (Å²) in [5, 5.41) is 9.40. The summed E-state index contributed by atoms with van der Waals surface area (Å²) < 4.78 is 7.96. The quantitative estimate of drug-likeness (QED) is 0.213. The first-order valence-corrected chi connectivity index (χ1v) is 16.5. The number of benzene rings is 2. The predicted molar refractivity (Wildman–Crippen MR) is 178 cm³/mol. The third-order valence-corrected chi connectivity index (χ3v) is 9.04. The molecule has 242 valence electrons. The lowest BCUT2D eigenvalue weighted by Gasteiger charge is -2.30. The Kier molecular flexibility index (Phi) is 10.2. The molecule has 2 atom stereocenters. The summed E-state index contributed by atoms with van der Waals surface area (Å²) in [4.78, 5) is 42.5. The van der Waals surface area contributed by atoms with Crippen LogP contribution in [0.25, 0.3) is 11.2 Å². The van der Waals surface area contributed by atoms with E-state index in [1.54, 1.807) is 6.33 Å². The van der Waals surface area contributed by atoms with E-state index < -0.39 is 12.3 Å². The van der Waals surface area contributed by atoms with Crippen molar-refractivity contribution >= 4 is 28.8 Å². The molecular formula is C35H44N8O3. The Morgan fingerprint density at radius 3 is 2.30 bits per heavy atom. The third-order valence-electron chi connectivity index (χ3n) is 9.04. The molecule has 11 nitrogen and oxygen atoms in total. The molecule has 4 aromatic rings. The second-order valence-electron chi connectivity index (χ2n) is 12.3. The molecule has 2 amide bonds. The number of anilines is 1. The van der Waals surface area contributed by atoms with Gasteiger partial charge in [-0.15, -0.1) is 0 Å². The number of nitrogens with one attached hydrogen (secondary N) is 3.